The van der Waals surface area contributed by atoms with E-state index >= 15 is 0 Å². The number of carbonyl (C=O) groups is 2. The van der Waals surface area contributed by atoms with E-state index in [0.29, 0.717) is 6.16 Å². The minimum absolute atomic E-state index is 0.0239. The topological polar surface area (TPSA) is 64.6 Å². The van der Waals surface area contributed by atoms with Crippen molar-refractivity contribution in [1.29, 1.82) is 0 Å². The van der Waals surface area contributed by atoms with Crippen LogP contribution in [0.5, 0.6) is 5.75 Å². The van der Waals surface area contributed by atoms with Crippen LogP contribution in [0.3, 0.4) is 0 Å². The second-order valence-corrected chi connectivity index (χ2v) is 14.4. The van der Waals surface area contributed by atoms with Crippen molar-refractivity contribution in [2.75, 3.05) is 30.9 Å². The van der Waals surface area contributed by atoms with Crippen molar-refractivity contribution in [2.24, 2.45) is 0 Å². The van der Waals surface area contributed by atoms with Crippen molar-refractivity contribution in [1.82, 2.24) is 0 Å². The van der Waals surface area contributed by atoms with E-state index < -0.39 is 7.26 Å². The number of anilines is 1. The molecule has 1 aliphatic rings. The van der Waals surface area contributed by atoms with Gasteiger partial charge in [-0.2, -0.15) is 0 Å². The minimum atomic E-state index is -2.22. The summed E-state index contributed by atoms with van der Waals surface area (Å²) in [5, 5.41) is 3.19. The van der Waals surface area contributed by atoms with E-state index in [2.05, 4.69) is 5.32 Å². The predicted octanol–water partition coefficient (Wildman–Crippen LogP) is 5.71. The zero-order valence-corrected chi connectivity index (χ0v) is 21.4. The molecule has 1 atom stereocenters. The summed E-state index contributed by atoms with van der Waals surface area (Å²) < 4.78 is 11.0. The summed E-state index contributed by atoms with van der Waals surface area (Å²) >= 11 is 0. The maximum absolute atomic E-state index is 13.5. The molecule has 0 aromatic heterocycles. The molecule has 3 rings (SSSR count). The van der Waals surface area contributed by atoms with Crippen LogP contribution in [0.15, 0.2) is 42.5 Å². The zero-order valence-electron chi connectivity index (χ0n) is 20.4. The molecule has 1 heterocycles. The van der Waals surface area contributed by atoms with E-state index in [4.69, 9.17) is 9.47 Å². The molecule has 0 aliphatic carbocycles. The van der Waals surface area contributed by atoms with Crippen LogP contribution in [0.1, 0.15) is 49.3 Å². The fraction of sp³-hybridized carbons (Fsp3) is 0.481. The van der Waals surface area contributed by atoms with E-state index in [1.165, 1.54) is 12.8 Å². The van der Waals surface area contributed by atoms with Gasteiger partial charge < -0.3 is 0 Å². The van der Waals surface area contributed by atoms with E-state index in [-0.39, 0.29) is 24.1 Å². The molecule has 0 bridgehead atoms. The van der Waals surface area contributed by atoms with Crippen molar-refractivity contribution in [3.05, 3.63) is 59.2 Å². The number of esters is 1. The van der Waals surface area contributed by atoms with Gasteiger partial charge >= 0.3 is 198 Å². The molecule has 180 valence electrons. The number of ether oxygens (including phenoxy) is 2. The summed E-state index contributed by atoms with van der Waals surface area (Å²) in [7, 11) is -0.573. The Hall–Kier alpha value is -2.39. The number of hydrogen-bond acceptors (Lipinski definition) is 4. The summed E-state index contributed by atoms with van der Waals surface area (Å²) in [5.74, 6) is 0.645. The Bertz CT molecular complexity index is 929. The number of methoxy groups -OCH3 is 1. The number of benzene rings is 2. The number of hydrogen-bond donors (Lipinski definition) is 1. The van der Waals surface area contributed by atoms with Gasteiger partial charge in [0.25, 0.3) is 0 Å². The fourth-order valence-electron chi connectivity index (χ4n) is 5.02. The first-order valence-corrected chi connectivity index (χ1v) is 14.7. The molecule has 1 amide bonds. The molecule has 2 aromatic rings. The van der Waals surface area contributed by atoms with Gasteiger partial charge in [0.15, 0.2) is 0 Å². The van der Waals surface area contributed by atoms with Crippen molar-refractivity contribution in [2.45, 2.75) is 58.7 Å². The molecule has 1 N–H and O–H groups in total. The number of nitrogens with one attached hydrogen (secondary N) is 1. The Morgan fingerprint density at radius 1 is 1.00 bits per heavy atom. The van der Waals surface area contributed by atoms with Gasteiger partial charge in [-0.1, -0.05) is 0 Å². The van der Waals surface area contributed by atoms with Crippen LogP contribution in [0.4, 0.5) is 5.69 Å². The average molecular weight is 472 g/mol. The third-order valence-corrected chi connectivity index (χ3v) is 12.9. The Labute approximate surface area is 198 Å². The normalized spacial score (nSPS) is 17.3. The average Bonchev–Trinajstić information content (AvgIpc) is 3.06. The monoisotopic (exact) mass is 471 g/mol. The van der Waals surface area contributed by atoms with E-state index in [1.54, 1.807) is 7.11 Å². The molecule has 0 radical (unpaired) electrons. The molecule has 1 unspecified atom stereocenters. The van der Waals surface area contributed by atoms with Crippen molar-refractivity contribution < 1.29 is 19.1 Å². The van der Waals surface area contributed by atoms with Crippen molar-refractivity contribution >= 4 is 24.8 Å². The molecule has 1 fully saturated rings. The Kier molecular flexibility index (Phi) is 8.91. The van der Waals surface area contributed by atoms with Crippen LogP contribution in [0, 0.1) is 13.8 Å². The molecular weight excluding hydrogens is 433 g/mol. The predicted molar refractivity (Wildman–Crippen MR) is 138 cm³/mol. The molecule has 0 spiro atoms. The second-order valence-electron chi connectivity index (χ2n) is 9.45. The first-order chi connectivity index (χ1) is 15.8. The van der Waals surface area contributed by atoms with Gasteiger partial charge in [0.05, 0.1) is 0 Å². The van der Waals surface area contributed by atoms with Crippen molar-refractivity contribution in [3.8, 4) is 5.75 Å². The van der Waals surface area contributed by atoms with Gasteiger partial charge in [-0.25, -0.2) is 0 Å². The van der Waals surface area contributed by atoms with E-state index in [0.717, 1.165) is 53.3 Å². The second kappa shape index (κ2) is 11.7. The SMILES string of the molecule is COc1cc(C)c(NC(=O)C(C)[PH]2(CC(=O)OCc3ccccc3)CCCCCC2)c(C)c1. The summed E-state index contributed by atoms with van der Waals surface area (Å²) in [4.78, 5) is 26.4. The molecule has 1 aliphatic heterocycles. The summed E-state index contributed by atoms with van der Waals surface area (Å²) in [6.07, 6.45) is 6.96. The first-order valence-electron chi connectivity index (χ1n) is 12.0. The third kappa shape index (κ3) is 6.57. The number of aryl methyl sites for hydroxylation is 2. The van der Waals surface area contributed by atoms with Gasteiger partial charge in [0, 0.05) is 0 Å². The van der Waals surface area contributed by atoms with Crippen LogP contribution in [0.2, 0.25) is 0 Å². The molecule has 5 nitrogen and oxygen atoms in total. The fourth-order valence-corrected chi connectivity index (χ4v) is 10.0. The molecule has 33 heavy (non-hydrogen) atoms. The van der Waals surface area contributed by atoms with Crippen molar-refractivity contribution in [3.63, 3.8) is 0 Å². The van der Waals surface area contributed by atoms with E-state index in [1.807, 2.05) is 63.2 Å². The quantitative estimate of drug-likeness (QED) is 0.396. The maximum atomic E-state index is 13.5. The standard InChI is InChI=1S/C27H38NO4P/c1-20-16-24(31-4)17-21(2)26(20)28-27(30)22(3)33(14-10-5-6-11-15-33)19-25(29)32-18-23-12-8-7-9-13-23/h7-9,12-13,16-17,22,33H,5-6,10-11,14-15,18-19H2,1-4H3,(H,28,30). The summed E-state index contributed by atoms with van der Waals surface area (Å²) in [6.45, 7) is 6.28. The molecule has 1 saturated heterocycles. The van der Waals surface area contributed by atoms with Crippen LogP contribution in [-0.4, -0.2) is 43.1 Å². The first kappa shape index (κ1) is 25.2. The van der Waals surface area contributed by atoms with Gasteiger partial charge in [-0.15, -0.1) is 0 Å². The Morgan fingerprint density at radius 2 is 1.61 bits per heavy atom. The third-order valence-electron chi connectivity index (χ3n) is 7.14. The van der Waals surface area contributed by atoms with Gasteiger partial charge in [0.2, 0.25) is 0 Å². The van der Waals surface area contributed by atoms with E-state index in [9.17, 15) is 9.59 Å². The van der Waals surface area contributed by atoms with Crippen LogP contribution in [-0.2, 0) is 20.9 Å². The van der Waals surface area contributed by atoms with Crippen LogP contribution >= 0.6 is 7.26 Å². The van der Waals surface area contributed by atoms with Gasteiger partial charge in [0.1, 0.15) is 0 Å². The summed E-state index contributed by atoms with van der Waals surface area (Å²) in [6, 6.07) is 13.6. The number of amides is 1. The number of rotatable bonds is 8. The Balaban J connectivity index is 1.75. The van der Waals surface area contributed by atoms with Gasteiger partial charge in [-0.05, 0) is 0 Å². The van der Waals surface area contributed by atoms with Crippen LogP contribution in [0.25, 0.3) is 0 Å². The summed E-state index contributed by atoms with van der Waals surface area (Å²) in [5.41, 5.74) is 3.62. The zero-order chi connectivity index (χ0) is 23.8. The molecular formula is C27H38NO4P. The van der Waals surface area contributed by atoms with Gasteiger partial charge in [-0.3, -0.25) is 0 Å². The number of carbonyl (C=O) groups excluding carboxylic acids is 2. The molecule has 6 heteroatoms. The molecule has 2 aromatic carbocycles. The van der Waals surface area contributed by atoms with Crippen LogP contribution < -0.4 is 10.1 Å². The Morgan fingerprint density at radius 3 is 2.18 bits per heavy atom. The molecule has 0 saturated carbocycles.